The van der Waals surface area contributed by atoms with E-state index in [1.54, 1.807) is 12.1 Å². The minimum Gasteiger partial charge on any atom is -0.400 e. The Morgan fingerprint density at radius 3 is 2.17 bits per heavy atom. The van der Waals surface area contributed by atoms with E-state index in [4.69, 9.17) is 9.31 Å². The van der Waals surface area contributed by atoms with Crippen LogP contribution in [0.25, 0.3) is 0 Å². The molecule has 3 aromatic rings. The van der Waals surface area contributed by atoms with Crippen LogP contribution in [0.15, 0.2) is 66.7 Å². The molecule has 152 valence electrons. The standard InChI is InChI=1S/C24H24BNO4/c1-16-13-17(2)24(18(3)14-16)25-29-22(19-9-5-4-6-10-19)15-23(30-25)20-11-7-8-12-21(20)26(27)28/h4-14,22-23H,15H2,1-3H3/t22-,23+/m1/s1. The van der Waals surface area contributed by atoms with Crippen LogP contribution >= 0.6 is 0 Å². The fourth-order valence-corrected chi connectivity index (χ4v) is 4.34. The zero-order chi connectivity index (χ0) is 21.3. The number of nitrogens with zero attached hydrogens (tertiary/aromatic N) is 1. The van der Waals surface area contributed by atoms with Crippen molar-refractivity contribution in [1.82, 2.24) is 0 Å². The third-order valence-electron chi connectivity index (χ3n) is 5.63. The first-order valence-corrected chi connectivity index (χ1v) is 10.1. The van der Waals surface area contributed by atoms with E-state index >= 15 is 0 Å². The first-order valence-electron chi connectivity index (χ1n) is 10.1. The summed E-state index contributed by atoms with van der Waals surface area (Å²) >= 11 is 0. The second-order valence-corrected chi connectivity index (χ2v) is 7.86. The Morgan fingerprint density at radius 1 is 0.900 bits per heavy atom. The van der Waals surface area contributed by atoms with Crippen molar-refractivity contribution in [1.29, 1.82) is 0 Å². The van der Waals surface area contributed by atoms with Gasteiger partial charge in [0.15, 0.2) is 0 Å². The van der Waals surface area contributed by atoms with Crippen LogP contribution in [0, 0.1) is 30.9 Å². The molecular formula is C24H24BNO4. The first kappa shape index (κ1) is 20.3. The molecule has 3 aromatic carbocycles. The summed E-state index contributed by atoms with van der Waals surface area (Å²) in [7, 11) is -0.602. The molecule has 0 spiro atoms. The Balaban J connectivity index is 1.78. The van der Waals surface area contributed by atoms with Crippen molar-refractivity contribution < 1.29 is 14.2 Å². The molecule has 0 unspecified atom stereocenters. The van der Waals surface area contributed by atoms with Gasteiger partial charge in [-0.2, -0.15) is 0 Å². The van der Waals surface area contributed by atoms with Crippen LogP contribution in [-0.4, -0.2) is 12.0 Å². The molecule has 1 saturated heterocycles. The van der Waals surface area contributed by atoms with Gasteiger partial charge in [0.1, 0.15) is 0 Å². The van der Waals surface area contributed by atoms with Gasteiger partial charge in [-0.3, -0.25) is 10.1 Å². The number of benzene rings is 3. The zero-order valence-electron chi connectivity index (χ0n) is 17.4. The smallest absolute Gasteiger partial charge is 0.400 e. The normalized spacial score (nSPS) is 19.0. The van der Waals surface area contributed by atoms with Crippen molar-refractivity contribution in [3.8, 4) is 0 Å². The molecule has 0 aromatic heterocycles. The Labute approximate surface area is 177 Å². The molecule has 0 radical (unpaired) electrons. The van der Waals surface area contributed by atoms with Crippen LogP contribution in [0.4, 0.5) is 5.69 Å². The van der Waals surface area contributed by atoms with E-state index < -0.39 is 13.2 Å². The highest BCUT2D eigenvalue weighted by Crippen LogP contribution is 2.40. The van der Waals surface area contributed by atoms with Crippen LogP contribution in [0.2, 0.25) is 0 Å². The maximum atomic E-state index is 11.6. The van der Waals surface area contributed by atoms with E-state index in [0.717, 1.165) is 22.2 Å². The maximum absolute atomic E-state index is 11.6. The lowest BCUT2D eigenvalue weighted by Gasteiger charge is -2.35. The highest BCUT2D eigenvalue weighted by atomic mass is 16.6. The molecule has 2 atom stereocenters. The van der Waals surface area contributed by atoms with Gasteiger partial charge < -0.3 is 9.31 Å². The van der Waals surface area contributed by atoms with Crippen molar-refractivity contribution in [2.45, 2.75) is 39.4 Å². The first-order chi connectivity index (χ1) is 14.4. The minimum atomic E-state index is -0.602. The summed E-state index contributed by atoms with van der Waals surface area (Å²) in [5.41, 5.74) is 6.05. The molecule has 1 aliphatic heterocycles. The largest absolute Gasteiger partial charge is 0.495 e. The molecule has 4 rings (SSSR count). The van der Waals surface area contributed by atoms with Gasteiger partial charge in [-0.05, 0) is 37.9 Å². The number of nitro benzene ring substituents is 1. The molecule has 6 heteroatoms. The molecule has 0 N–H and O–H groups in total. The summed E-state index contributed by atoms with van der Waals surface area (Å²) in [6.07, 6.45) is -0.166. The van der Waals surface area contributed by atoms with E-state index in [2.05, 4.69) is 19.1 Å². The molecule has 0 saturated carbocycles. The monoisotopic (exact) mass is 401 g/mol. The summed E-state index contributed by atoms with van der Waals surface area (Å²) in [6.45, 7) is 6.16. The number of para-hydroxylation sites is 1. The molecular weight excluding hydrogens is 377 g/mol. The number of rotatable bonds is 4. The van der Waals surface area contributed by atoms with Crippen molar-refractivity contribution in [2.75, 3.05) is 0 Å². The average Bonchev–Trinajstić information content (AvgIpc) is 2.73. The van der Waals surface area contributed by atoms with Gasteiger partial charge in [0.2, 0.25) is 0 Å². The Kier molecular flexibility index (Phi) is 5.70. The molecule has 5 nitrogen and oxygen atoms in total. The van der Waals surface area contributed by atoms with Crippen molar-refractivity contribution in [3.05, 3.63) is 105 Å². The molecule has 1 fully saturated rings. The third-order valence-corrected chi connectivity index (χ3v) is 5.63. The lowest BCUT2D eigenvalue weighted by molar-refractivity contribution is -0.386. The van der Waals surface area contributed by atoms with Gasteiger partial charge in [0.05, 0.1) is 22.7 Å². The molecule has 30 heavy (non-hydrogen) atoms. The molecule has 0 amide bonds. The molecule has 0 bridgehead atoms. The van der Waals surface area contributed by atoms with Gasteiger partial charge in [0.25, 0.3) is 5.69 Å². The van der Waals surface area contributed by atoms with Crippen LogP contribution < -0.4 is 5.46 Å². The highest BCUT2D eigenvalue weighted by Gasteiger charge is 2.40. The SMILES string of the molecule is Cc1cc(C)c(B2O[C@H](c3ccccc3[N+](=O)[O-])C[C@H](c3ccccc3)O2)c(C)c1. The van der Waals surface area contributed by atoms with E-state index in [1.165, 1.54) is 11.6 Å². The van der Waals surface area contributed by atoms with Gasteiger partial charge >= 0.3 is 7.12 Å². The average molecular weight is 401 g/mol. The lowest BCUT2D eigenvalue weighted by atomic mass is 9.70. The van der Waals surface area contributed by atoms with Crippen molar-refractivity contribution >= 4 is 18.3 Å². The summed E-state index contributed by atoms with van der Waals surface area (Å²) in [5.74, 6) is 0. The van der Waals surface area contributed by atoms with E-state index in [-0.39, 0.29) is 16.7 Å². The third kappa shape index (κ3) is 4.02. The van der Waals surface area contributed by atoms with E-state index in [9.17, 15) is 10.1 Å². The quantitative estimate of drug-likeness (QED) is 0.345. The second kappa shape index (κ2) is 8.42. The Bertz CT molecular complexity index is 1050. The van der Waals surface area contributed by atoms with Crippen molar-refractivity contribution in [3.63, 3.8) is 0 Å². The van der Waals surface area contributed by atoms with Crippen LogP contribution in [0.3, 0.4) is 0 Å². The van der Waals surface area contributed by atoms with Crippen LogP contribution in [0.1, 0.15) is 46.4 Å². The van der Waals surface area contributed by atoms with E-state index in [0.29, 0.717) is 12.0 Å². The van der Waals surface area contributed by atoms with Crippen LogP contribution in [-0.2, 0) is 9.31 Å². The predicted octanol–water partition coefficient (Wildman–Crippen LogP) is 5.13. The zero-order valence-corrected chi connectivity index (χ0v) is 17.4. The predicted molar refractivity (Wildman–Crippen MR) is 118 cm³/mol. The summed E-state index contributed by atoms with van der Waals surface area (Å²) in [6, 6.07) is 21.0. The maximum Gasteiger partial charge on any atom is 0.495 e. The number of hydrogen-bond donors (Lipinski definition) is 0. The van der Waals surface area contributed by atoms with Gasteiger partial charge in [-0.15, -0.1) is 0 Å². The second-order valence-electron chi connectivity index (χ2n) is 7.86. The van der Waals surface area contributed by atoms with Gasteiger partial charge in [-0.1, -0.05) is 71.3 Å². The number of aryl methyl sites for hydroxylation is 3. The van der Waals surface area contributed by atoms with Crippen LogP contribution in [0.5, 0.6) is 0 Å². The van der Waals surface area contributed by atoms with Crippen molar-refractivity contribution in [2.24, 2.45) is 0 Å². The summed E-state index contributed by atoms with van der Waals surface area (Å²) < 4.78 is 12.8. The number of nitro groups is 1. The Hall–Kier alpha value is -2.96. The molecule has 1 aliphatic rings. The summed E-state index contributed by atoms with van der Waals surface area (Å²) in [5, 5.41) is 11.6. The summed E-state index contributed by atoms with van der Waals surface area (Å²) in [4.78, 5) is 11.3. The minimum absolute atomic E-state index is 0.0762. The molecule has 1 heterocycles. The molecule has 0 aliphatic carbocycles. The van der Waals surface area contributed by atoms with Gasteiger partial charge in [0, 0.05) is 12.5 Å². The highest BCUT2D eigenvalue weighted by molar-refractivity contribution is 6.62. The number of hydrogen-bond acceptors (Lipinski definition) is 4. The Morgan fingerprint density at radius 2 is 1.50 bits per heavy atom. The fourth-order valence-electron chi connectivity index (χ4n) is 4.34. The van der Waals surface area contributed by atoms with E-state index in [1.807, 2.05) is 50.2 Å². The topological polar surface area (TPSA) is 61.6 Å². The fraction of sp³-hybridized carbons (Fsp3) is 0.250. The lowest BCUT2D eigenvalue weighted by Crippen LogP contribution is -2.45. The van der Waals surface area contributed by atoms with Gasteiger partial charge in [-0.25, -0.2) is 0 Å².